The summed E-state index contributed by atoms with van der Waals surface area (Å²) in [5.74, 6) is -0.938. The lowest BCUT2D eigenvalue weighted by molar-refractivity contribution is -0.386. The number of hydrogen-bond donors (Lipinski definition) is 1. The summed E-state index contributed by atoms with van der Waals surface area (Å²) in [6, 6.07) is 5.99. The van der Waals surface area contributed by atoms with Crippen LogP contribution < -0.4 is 14.8 Å². The normalized spacial score (nSPS) is 18.3. The van der Waals surface area contributed by atoms with Crippen LogP contribution in [0.2, 0.25) is 5.02 Å². The van der Waals surface area contributed by atoms with Gasteiger partial charge in [0.1, 0.15) is 11.5 Å². The van der Waals surface area contributed by atoms with Gasteiger partial charge in [-0.2, -0.15) is 13.2 Å². The van der Waals surface area contributed by atoms with Gasteiger partial charge in [0.05, 0.1) is 34.8 Å². The lowest BCUT2D eigenvalue weighted by atomic mass is 10.2. The zero-order chi connectivity index (χ0) is 27.2. The third-order valence-electron chi connectivity index (χ3n) is 5.42. The lowest BCUT2D eigenvalue weighted by Crippen LogP contribution is -2.40. The summed E-state index contributed by atoms with van der Waals surface area (Å²) in [6.07, 6.45) is -3.45. The number of nitrogens with one attached hydrogen (secondary N) is 1. The van der Waals surface area contributed by atoms with E-state index >= 15 is 0 Å². The fourth-order valence-corrected chi connectivity index (χ4v) is 3.68. The number of hydrogen-bond acceptors (Lipinski definition) is 7. The zero-order valence-corrected chi connectivity index (χ0v) is 20.8. The molecule has 13 heteroatoms. The summed E-state index contributed by atoms with van der Waals surface area (Å²) in [6.45, 7) is 3.99. The van der Waals surface area contributed by atoms with Gasteiger partial charge in [-0.3, -0.25) is 14.9 Å². The van der Waals surface area contributed by atoms with Gasteiger partial charge in [0.15, 0.2) is 12.4 Å². The highest BCUT2D eigenvalue weighted by molar-refractivity contribution is 6.32. The van der Waals surface area contributed by atoms with Crippen LogP contribution in [-0.4, -0.2) is 42.5 Å². The topological polar surface area (TPSA) is 109 Å². The average Bonchev–Trinajstić information content (AvgIpc) is 3.29. The van der Waals surface area contributed by atoms with Crippen LogP contribution in [-0.2, 0) is 20.4 Å². The van der Waals surface area contributed by atoms with Crippen LogP contribution in [0.3, 0.4) is 0 Å². The molecule has 0 bridgehead atoms. The number of carbonyl (C=O) groups excluding carboxylic acids is 1. The second-order valence-electron chi connectivity index (χ2n) is 8.30. The van der Waals surface area contributed by atoms with Gasteiger partial charge >= 0.3 is 11.9 Å². The Labute approximate surface area is 215 Å². The van der Waals surface area contributed by atoms with Gasteiger partial charge in [-0.15, -0.1) is 0 Å². The van der Waals surface area contributed by atoms with E-state index in [1.54, 1.807) is 0 Å². The van der Waals surface area contributed by atoms with Gasteiger partial charge in [-0.1, -0.05) is 31.4 Å². The first-order chi connectivity index (χ1) is 17.5. The number of rotatable bonds is 11. The second kappa shape index (κ2) is 12.4. The average molecular weight is 547 g/mol. The van der Waals surface area contributed by atoms with Crippen LogP contribution in [0.4, 0.5) is 18.9 Å². The Morgan fingerprint density at radius 3 is 2.68 bits per heavy atom. The molecule has 2 aromatic rings. The molecule has 9 nitrogen and oxygen atoms in total. The monoisotopic (exact) mass is 546 g/mol. The minimum Gasteiger partial charge on any atom is -0.474 e. The van der Waals surface area contributed by atoms with Crippen molar-refractivity contribution in [3.8, 4) is 17.2 Å². The number of nitro groups is 1. The molecule has 37 heavy (non-hydrogen) atoms. The Morgan fingerprint density at radius 1 is 1.27 bits per heavy atom. The van der Waals surface area contributed by atoms with E-state index in [4.69, 9.17) is 30.5 Å². The number of alkyl halides is 3. The van der Waals surface area contributed by atoms with Crippen molar-refractivity contribution in [3.63, 3.8) is 0 Å². The number of carbonyl (C=O) groups is 1. The van der Waals surface area contributed by atoms with E-state index in [9.17, 15) is 28.1 Å². The van der Waals surface area contributed by atoms with Crippen molar-refractivity contribution >= 4 is 23.2 Å². The summed E-state index contributed by atoms with van der Waals surface area (Å²) in [7, 11) is 0. The molecule has 0 aromatic heterocycles. The molecule has 3 unspecified atom stereocenters. The maximum atomic E-state index is 12.9. The first kappa shape index (κ1) is 28.5. The Morgan fingerprint density at radius 2 is 2.03 bits per heavy atom. The molecule has 1 aliphatic heterocycles. The maximum Gasteiger partial charge on any atom is 0.416 e. The molecule has 1 amide bonds. The first-order valence-corrected chi connectivity index (χ1v) is 11.9. The van der Waals surface area contributed by atoms with Crippen LogP contribution in [0, 0.1) is 10.1 Å². The summed E-state index contributed by atoms with van der Waals surface area (Å²) in [5, 5.41) is 13.8. The lowest BCUT2D eigenvalue weighted by Gasteiger charge is -2.17. The van der Waals surface area contributed by atoms with Crippen molar-refractivity contribution < 1.29 is 41.8 Å². The zero-order valence-electron chi connectivity index (χ0n) is 20.0. The number of unbranched alkanes of at least 4 members (excludes halogenated alkanes) is 1. The van der Waals surface area contributed by atoms with Gasteiger partial charge in [0.25, 0.3) is 5.91 Å². The number of amides is 1. The summed E-state index contributed by atoms with van der Waals surface area (Å²) in [4.78, 5) is 23.3. The van der Waals surface area contributed by atoms with Crippen LogP contribution in [0.1, 0.15) is 38.7 Å². The predicted molar refractivity (Wildman–Crippen MR) is 127 cm³/mol. The maximum absolute atomic E-state index is 12.9. The van der Waals surface area contributed by atoms with Crippen molar-refractivity contribution in [1.29, 1.82) is 0 Å². The smallest absolute Gasteiger partial charge is 0.416 e. The predicted octanol–water partition coefficient (Wildman–Crippen LogP) is 5.87. The molecule has 0 radical (unpaired) electrons. The molecule has 1 fully saturated rings. The van der Waals surface area contributed by atoms with Gasteiger partial charge in [0, 0.05) is 12.1 Å². The molecular formula is C24H26ClF3N2O7. The van der Waals surface area contributed by atoms with Crippen LogP contribution >= 0.6 is 11.6 Å². The molecule has 1 N–H and O–H groups in total. The highest BCUT2D eigenvalue weighted by atomic mass is 35.5. The molecule has 202 valence electrons. The fourth-order valence-electron chi connectivity index (χ4n) is 3.46. The van der Waals surface area contributed by atoms with Crippen molar-refractivity contribution in [2.45, 2.75) is 57.8 Å². The van der Waals surface area contributed by atoms with Crippen molar-refractivity contribution in [2.24, 2.45) is 0 Å². The molecule has 0 saturated carbocycles. The summed E-state index contributed by atoms with van der Waals surface area (Å²) >= 11 is 5.92. The summed E-state index contributed by atoms with van der Waals surface area (Å²) < 4.78 is 60.9. The van der Waals surface area contributed by atoms with Gasteiger partial charge < -0.3 is 24.3 Å². The largest absolute Gasteiger partial charge is 0.474 e. The number of ether oxygens (including phenoxy) is 4. The Bertz CT molecular complexity index is 1120. The number of halogens is 4. The van der Waals surface area contributed by atoms with Crippen molar-refractivity contribution in [1.82, 2.24) is 5.32 Å². The molecule has 1 saturated heterocycles. The van der Waals surface area contributed by atoms with E-state index in [-0.39, 0.29) is 34.9 Å². The number of benzene rings is 2. The van der Waals surface area contributed by atoms with Crippen LogP contribution in [0.5, 0.6) is 17.2 Å². The molecular weight excluding hydrogens is 521 g/mol. The molecule has 0 aliphatic carbocycles. The third kappa shape index (κ3) is 7.94. The van der Waals surface area contributed by atoms with E-state index < -0.39 is 40.7 Å². The Balaban J connectivity index is 1.64. The Hall–Kier alpha value is -3.09. The van der Waals surface area contributed by atoms with E-state index in [2.05, 4.69) is 12.2 Å². The number of nitro benzene ring substituents is 1. The minimum atomic E-state index is -4.58. The molecule has 2 aromatic carbocycles. The molecule has 0 spiro atoms. The highest BCUT2D eigenvalue weighted by Gasteiger charge is 2.31. The minimum absolute atomic E-state index is 0.000688. The van der Waals surface area contributed by atoms with E-state index in [0.717, 1.165) is 43.5 Å². The first-order valence-electron chi connectivity index (χ1n) is 11.5. The molecule has 3 rings (SSSR count). The third-order valence-corrected chi connectivity index (χ3v) is 5.72. The van der Waals surface area contributed by atoms with Crippen molar-refractivity contribution in [2.75, 3.05) is 13.2 Å². The number of nitrogens with zero attached hydrogens (tertiary/aromatic N) is 1. The van der Waals surface area contributed by atoms with Crippen LogP contribution in [0.25, 0.3) is 0 Å². The van der Waals surface area contributed by atoms with E-state index in [1.807, 2.05) is 0 Å². The highest BCUT2D eigenvalue weighted by Crippen LogP contribution is 2.38. The summed E-state index contributed by atoms with van der Waals surface area (Å²) in [5.41, 5.74) is -1.39. The SMILES string of the molecule is CCCCC1COC(CNC(=O)C(C)Oc2cc(Oc3ccc(C(F)(F)F)cc3Cl)ccc2[N+](=O)[O-])O1. The molecule has 3 atom stereocenters. The van der Waals surface area contributed by atoms with Gasteiger partial charge in [-0.25, -0.2) is 0 Å². The quantitative estimate of drug-likeness (QED) is 0.277. The fraction of sp³-hybridized carbons (Fsp3) is 0.458. The van der Waals surface area contributed by atoms with E-state index in [0.29, 0.717) is 12.7 Å². The Kier molecular flexibility index (Phi) is 9.57. The van der Waals surface area contributed by atoms with Crippen LogP contribution in [0.15, 0.2) is 36.4 Å². The molecule has 1 aliphatic rings. The van der Waals surface area contributed by atoms with Crippen molar-refractivity contribution in [3.05, 3.63) is 57.1 Å². The van der Waals surface area contributed by atoms with Gasteiger partial charge in [0.2, 0.25) is 5.75 Å². The van der Waals surface area contributed by atoms with Gasteiger partial charge in [-0.05, 0) is 37.6 Å². The standard InChI is InChI=1S/C24H26ClF3N2O7/c1-3-4-5-17-13-34-22(37-17)12-29-23(31)14(2)35-21-11-16(7-8-19(21)30(32)33)36-20-9-6-15(10-18(20)25)24(26,27)28/h6-11,14,17,22H,3-5,12-13H2,1-2H3,(H,29,31). The second-order valence-corrected chi connectivity index (χ2v) is 8.71. The molecule has 1 heterocycles. The van der Waals surface area contributed by atoms with E-state index in [1.165, 1.54) is 13.0 Å².